The molecule has 0 unspecified atom stereocenters. The summed E-state index contributed by atoms with van der Waals surface area (Å²) in [6.45, 7) is 5.90. The summed E-state index contributed by atoms with van der Waals surface area (Å²) >= 11 is 0. The fourth-order valence-corrected chi connectivity index (χ4v) is 1.21. The molecule has 0 aromatic rings. The van der Waals surface area contributed by atoms with Crippen LogP contribution >= 0.6 is 0 Å². The molecule has 0 spiro atoms. The first-order valence-corrected chi connectivity index (χ1v) is 4.44. The first kappa shape index (κ1) is 11.1. The Bertz CT molecular complexity index is 317. The van der Waals surface area contributed by atoms with Crippen molar-refractivity contribution in [2.45, 2.75) is 33.4 Å². The van der Waals surface area contributed by atoms with Gasteiger partial charge in [-0.25, -0.2) is 0 Å². The predicted octanol–water partition coefficient (Wildman–Crippen LogP) is 4.01. The number of hydrogen-bond donors (Lipinski definition) is 0. The molecule has 0 heterocycles. The van der Waals surface area contributed by atoms with Gasteiger partial charge in [0.15, 0.2) is 0 Å². The van der Waals surface area contributed by atoms with Gasteiger partial charge in [0.05, 0.1) is 5.57 Å². The standard InChI is InChI=1S/C11H13F3/c1-10(2,3)8-4-6-9(7-5-8)11(12,13)14/h6-7H,4H2,1-3H3. The van der Waals surface area contributed by atoms with Crippen LogP contribution in [0.15, 0.2) is 29.0 Å². The van der Waals surface area contributed by atoms with Gasteiger partial charge in [0.25, 0.3) is 0 Å². The van der Waals surface area contributed by atoms with Gasteiger partial charge in [0, 0.05) is 0 Å². The highest BCUT2D eigenvalue weighted by Crippen LogP contribution is 2.34. The SMILES string of the molecule is CC(C)(C)C1=C=CC(C(F)(F)F)=CC1. The van der Waals surface area contributed by atoms with Crippen molar-refractivity contribution in [2.75, 3.05) is 0 Å². The van der Waals surface area contributed by atoms with Crippen molar-refractivity contribution in [1.29, 1.82) is 0 Å². The lowest BCUT2D eigenvalue weighted by Gasteiger charge is -2.22. The van der Waals surface area contributed by atoms with Crippen LogP contribution in [0.3, 0.4) is 0 Å². The van der Waals surface area contributed by atoms with Gasteiger partial charge in [-0.2, -0.15) is 13.2 Å². The largest absolute Gasteiger partial charge is 0.416 e. The lowest BCUT2D eigenvalue weighted by molar-refractivity contribution is -0.0884. The molecule has 0 atom stereocenters. The fraction of sp³-hybridized carbons (Fsp3) is 0.545. The monoisotopic (exact) mass is 202 g/mol. The summed E-state index contributed by atoms with van der Waals surface area (Å²) in [4.78, 5) is 0. The second-order valence-corrected chi connectivity index (χ2v) is 4.38. The molecule has 1 aliphatic carbocycles. The summed E-state index contributed by atoms with van der Waals surface area (Å²) < 4.78 is 36.6. The van der Waals surface area contributed by atoms with Crippen molar-refractivity contribution in [2.24, 2.45) is 5.41 Å². The van der Waals surface area contributed by atoms with Crippen molar-refractivity contribution in [3.8, 4) is 0 Å². The summed E-state index contributed by atoms with van der Waals surface area (Å²) in [6, 6.07) is 0. The van der Waals surface area contributed by atoms with E-state index in [4.69, 9.17) is 0 Å². The second-order valence-electron chi connectivity index (χ2n) is 4.38. The molecule has 0 aromatic carbocycles. The smallest absolute Gasteiger partial charge is 0.166 e. The zero-order valence-electron chi connectivity index (χ0n) is 8.50. The van der Waals surface area contributed by atoms with E-state index in [1.165, 1.54) is 6.08 Å². The predicted molar refractivity (Wildman–Crippen MR) is 49.8 cm³/mol. The van der Waals surface area contributed by atoms with E-state index in [0.29, 0.717) is 6.42 Å². The third kappa shape index (κ3) is 2.52. The summed E-state index contributed by atoms with van der Waals surface area (Å²) in [5.74, 6) is 0. The van der Waals surface area contributed by atoms with E-state index in [1.807, 2.05) is 20.8 Å². The summed E-state index contributed by atoms with van der Waals surface area (Å²) in [5, 5.41) is 0. The zero-order valence-corrected chi connectivity index (χ0v) is 8.50. The van der Waals surface area contributed by atoms with E-state index in [2.05, 4.69) is 5.73 Å². The van der Waals surface area contributed by atoms with Crippen LogP contribution in [0.1, 0.15) is 27.2 Å². The number of rotatable bonds is 0. The van der Waals surface area contributed by atoms with Crippen molar-refractivity contribution < 1.29 is 13.2 Å². The summed E-state index contributed by atoms with van der Waals surface area (Å²) in [5.41, 5.74) is 2.93. The lowest BCUT2D eigenvalue weighted by atomic mass is 9.83. The van der Waals surface area contributed by atoms with E-state index in [-0.39, 0.29) is 5.41 Å². The minimum absolute atomic E-state index is 0.107. The highest BCUT2D eigenvalue weighted by Gasteiger charge is 2.33. The highest BCUT2D eigenvalue weighted by atomic mass is 19.4. The van der Waals surface area contributed by atoms with Crippen molar-refractivity contribution in [3.63, 3.8) is 0 Å². The van der Waals surface area contributed by atoms with Crippen LogP contribution in [0.25, 0.3) is 0 Å². The number of halogens is 3. The topological polar surface area (TPSA) is 0 Å². The van der Waals surface area contributed by atoms with Crippen molar-refractivity contribution in [1.82, 2.24) is 0 Å². The maximum Gasteiger partial charge on any atom is 0.416 e. The molecule has 1 aliphatic rings. The molecule has 0 radical (unpaired) electrons. The Balaban J connectivity index is 2.94. The highest BCUT2D eigenvalue weighted by molar-refractivity contribution is 5.32. The normalized spacial score (nSPS) is 17.9. The first-order valence-electron chi connectivity index (χ1n) is 4.44. The zero-order chi connectivity index (χ0) is 11.0. The van der Waals surface area contributed by atoms with E-state index in [0.717, 1.165) is 11.6 Å². The third-order valence-electron chi connectivity index (χ3n) is 2.16. The first-order chi connectivity index (χ1) is 6.21. The molecular formula is C11H13F3. The molecule has 0 saturated carbocycles. The van der Waals surface area contributed by atoms with Crippen LogP contribution in [0.5, 0.6) is 0 Å². The van der Waals surface area contributed by atoms with Gasteiger partial charge in [-0.1, -0.05) is 26.8 Å². The molecule has 0 aromatic heterocycles. The van der Waals surface area contributed by atoms with Crippen LogP contribution in [0.4, 0.5) is 13.2 Å². The molecule has 1 rings (SSSR count). The molecule has 0 bridgehead atoms. The molecule has 14 heavy (non-hydrogen) atoms. The van der Waals surface area contributed by atoms with Gasteiger partial charge in [-0.3, -0.25) is 0 Å². The summed E-state index contributed by atoms with van der Waals surface area (Å²) in [7, 11) is 0. The maximum absolute atomic E-state index is 12.2. The van der Waals surface area contributed by atoms with Crippen molar-refractivity contribution >= 4 is 0 Å². The maximum atomic E-state index is 12.2. The van der Waals surface area contributed by atoms with Crippen LogP contribution in [0.2, 0.25) is 0 Å². The van der Waals surface area contributed by atoms with E-state index < -0.39 is 11.7 Å². The van der Waals surface area contributed by atoms with Crippen molar-refractivity contribution in [3.05, 3.63) is 29.0 Å². The van der Waals surface area contributed by atoms with Crippen LogP contribution in [-0.4, -0.2) is 6.18 Å². The Kier molecular flexibility index (Phi) is 2.64. The molecule has 0 nitrogen and oxygen atoms in total. The average Bonchev–Trinajstić information content (AvgIpc) is 2.01. The molecule has 0 fully saturated rings. The molecule has 0 saturated heterocycles. The van der Waals surface area contributed by atoms with E-state index >= 15 is 0 Å². The minimum Gasteiger partial charge on any atom is -0.166 e. The van der Waals surface area contributed by atoms with Gasteiger partial charge < -0.3 is 0 Å². The van der Waals surface area contributed by atoms with Gasteiger partial charge >= 0.3 is 6.18 Å². The quantitative estimate of drug-likeness (QED) is 0.521. The number of hydrogen-bond acceptors (Lipinski definition) is 0. The Labute approximate surface area is 81.8 Å². The Hall–Kier alpha value is -0.950. The average molecular weight is 202 g/mol. The molecule has 0 aliphatic heterocycles. The lowest BCUT2D eigenvalue weighted by Crippen LogP contribution is -2.14. The van der Waals surface area contributed by atoms with Gasteiger partial charge in [0.2, 0.25) is 0 Å². The molecule has 78 valence electrons. The van der Waals surface area contributed by atoms with Gasteiger partial charge in [-0.15, -0.1) is 5.73 Å². The Morgan fingerprint density at radius 1 is 1.21 bits per heavy atom. The molecule has 0 amide bonds. The van der Waals surface area contributed by atoms with Crippen LogP contribution in [-0.2, 0) is 0 Å². The van der Waals surface area contributed by atoms with Crippen LogP contribution in [0, 0.1) is 5.41 Å². The number of alkyl halides is 3. The summed E-state index contributed by atoms with van der Waals surface area (Å²) in [6.07, 6.45) is -1.65. The van der Waals surface area contributed by atoms with E-state index in [9.17, 15) is 13.2 Å². The third-order valence-corrected chi connectivity index (χ3v) is 2.16. The molecule has 3 heteroatoms. The number of allylic oxidation sites excluding steroid dienone is 3. The van der Waals surface area contributed by atoms with Crippen LogP contribution < -0.4 is 0 Å². The fourth-order valence-electron chi connectivity index (χ4n) is 1.21. The molecule has 0 N–H and O–H groups in total. The Morgan fingerprint density at radius 3 is 2.07 bits per heavy atom. The minimum atomic E-state index is -4.24. The second kappa shape index (κ2) is 3.32. The Morgan fingerprint density at radius 2 is 1.79 bits per heavy atom. The van der Waals surface area contributed by atoms with E-state index in [1.54, 1.807) is 0 Å². The van der Waals surface area contributed by atoms with Gasteiger partial charge in [0.1, 0.15) is 0 Å². The molecular weight excluding hydrogens is 189 g/mol. The van der Waals surface area contributed by atoms with Gasteiger partial charge in [-0.05, 0) is 23.5 Å².